The maximum Gasteiger partial charge on any atom is 0.341 e. The van der Waals surface area contributed by atoms with E-state index in [-0.39, 0.29) is 23.0 Å². The van der Waals surface area contributed by atoms with Crippen LogP contribution in [0, 0.1) is 5.92 Å². The van der Waals surface area contributed by atoms with Crippen LogP contribution >= 0.6 is 0 Å². The molecule has 2 aliphatic carbocycles. The van der Waals surface area contributed by atoms with Gasteiger partial charge in [0.2, 0.25) is 5.43 Å². The van der Waals surface area contributed by atoms with Crippen LogP contribution in [0.2, 0.25) is 0 Å². The number of hydrogen-bond donors (Lipinski definition) is 3. The number of anilines is 2. The molecule has 9 heteroatoms. The molecule has 30 heavy (non-hydrogen) atoms. The molecule has 0 unspecified atom stereocenters. The SMILES string of the molecule is COc1c(N2CC[C@@H](C3(N)CC3)C2)cc(N)c2c(=O)c(C(=O)O)cn([C@@H]3C[C@H]3F)c12. The summed E-state index contributed by atoms with van der Waals surface area (Å²) in [5, 5.41) is 9.53. The van der Waals surface area contributed by atoms with Gasteiger partial charge < -0.3 is 30.8 Å². The minimum atomic E-state index is -1.37. The molecule has 1 aromatic heterocycles. The Morgan fingerprint density at radius 2 is 2.10 bits per heavy atom. The van der Waals surface area contributed by atoms with Crippen LogP contribution in [0.4, 0.5) is 15.8 Å². The molecule has 0 bridgehead atoms. The third-order valence-electron chi connectivity index (χ3n) is 6.91. The van der Waals surface area contributed by atoms with E-state index < -0.39 is 29.2 Å². The van der Waals surface area contributed by atoms with Crippen molar-refractivity contribution in [3.63, 3.8) is 0 Å². The lowest BCUT2D eigenvalue weighted by Crippen LogP contribution is -2.34. The second kappa shape index (κ2) is 6.34. The van der Waals surface area contributed by atoms with E-state index in [4.69, 9.17) is 16.2 Å². The third kappa shape index (κ3) is 2.75. The minimum Gasteiger partial charge on any atom is -0.492 e. The first-order valence-electron chi connectivity index (χ1n) is 10.2. The van der Waals surface area contributed by atoms with Gasteiger partial charge in [0, 0.05) is 36.9 Å². The predicted molar refractivity (Wildman–Crippen MR) is 111 cm³/mol. The molecule has 3 aliphatic rings. The highest BCUT2D eigenvalue weighted by Crippen LogP contribution is 2.48. The molecule has 8 nitrogen and oxygen atoms in total. The molecule has 160 valence electrons. The number of nitrogens with two attached hydrogens (primary N) is 2. The van der Waals surface area contributed by atoms with Gasteiger partial charge in [-0.05, 0) is 31.2 Å². The average Bonchev–Trinajstić information content (AvgIpc) is 3.56. The molecule has 2 aromatic rings. The number of alkyl halides is 1. The van der Waals surface area contributed by atoms with Crippen LogP contribution in [0.5, 0.6) is 5.75 Å². The number of aromatic carboxylic acids is 1. The van der Waals surface area contributed by atoms with Gasteiger partial charge in [0.25, 0.3) is 0 Å². The molecule has 3 fully saturated rings. The van der Waals surface area contributed by atoms with Crippen LogP contribution in [0.25, 0.3) is 10.9 Å². The molecule has 5 N–H and O–H groups in total. The van der Waals surface area contributed by atoms with Crippen LogP contribution in [-0.2, 0) is 0 Å². The van der Waals surface area contributed by atoms with Crippen LogP contribution in [0.3, 0.4) is 0 Å². The van der Waals surface area contributed by atoms with E-state index in [0.717, 1.165) is 38.0 Å². The number of carboxylic acids is 1. The van der Waals surface area contributed by atoms with E-state index in [1.165, 1.54) is 17.9 Å². The van der Waals surface area contributed by atoms with Crippen molar-refractivity contribution in [3.8, 4) is 5.75 Å². The number of rotatable bonds is 5. The van der Waals surface area contributed by atoms with Gasteiger partial charge in [-0.2, -0.15) is 0 Å². The van der Waals surface area contributed by atoms with Gasteiger partial charge in [0.1, 0.15) is 11.7 Å². The summed E-state index contributed by atoms with van der Waals surface area (Å²) in [7, 11) is 1.49. The quantitative estimate of drug-likeness (QED) is 0.636. The molecule has 0 radical (unpaired) electrons. The summed E-state index contributed by atoms with van der Waals surface area (Å²) in [6.45, 7) is 1.53. The van der Waals surface area contributed by atoms with Crippen LogP contribution < -0.4 is 26.5 Å². The molecule has 2 heterocycles. The normalized spacial score (nSPS) is 26.8. The molecule has 2 saturated carbocycles. The Morgan fingerprint density at radius 3 is 2.67 bits per heavy atom. The lowest BCUT2D eigenvalue weighted by Gasteiger charge is -2.26. The second-order valence-electron chi connectivity index (χ2n) is 8.81. The summed E-state index contributed by atoms with van der Waals surface area (Å²) in [6, 6.07) is 1.12. The van der Waals surface area contributed by atoms with Gasteiger partial charge in [-0.3, -0.25) is 4.79 Å². The zero-order valence-electron chi connectivity index (χ0n) is 16.7. The Labute approximate surface area is 172 Å². The Hall–Kier alpha value is -2.81. The molecular formula is C21H25FN4O4. The number of nitrogen functional groups attached to an aromatic ring is 1. The Morgan fingerprint density at radius 1 is 1.40 bits per heavy atom. The number of nitrogens with zero attached hydrogens (tertiary/aromatic N) is 2. The first-order chi connectivity index (χ1) is 14.2. The highest BCUT2D eigenvalue weighted by atomic mass is 19.1. The van der Waals surface area contributed by atoms with Gasteiger partial charge in [0.15, 0.2) is 5.75 Å². The van der Waals surface area contributed by atoms with E-state index in [2.05, 4.69) is 4.90 Å². The summed E-state index contributed by atoms with van der Waals surface area (Å²) >= 11 is 0. The van der Waals surface area contributed by atoms with Crippen molar-refractivity contribution in [3.05, 3.63) is 28.0 Å². The smallest absolute Gasteiger partial charge is 0.341 e. The summed E-state index contributed by atoms with van der Waals surface area (Å²) in [5.74, 6) is -0.585. The maximum atomic E-state index is 14.0. The van der Waals surface area contributed by atoms with Gasteiger partial charge in [-0.1, -0.05) is 0 Å². The van der Waals surface area contributed by atoms with Crippen LogP contribution in [0.15, 0.2) is 17.1 Å². The van der Waals surface area contributed by atoms with Gasteiger partial charge >= 0.3 is 5.97 Å². The maximum absolute atomic E-state index is 14.0. The lowest BCUT2D eigenvalue weighted by molar-refractivity contribution is 0.0694. The summed E-state index contributed by atoms with van der Waals surface area (Å²) in [4.78, 5) is 26.7. The zero-order chi connectivity index (χ0) is 21.4. The molecule has 3 atom stereocenters. The number of methoxy groups -OCH3 is 1. The zero-order valence-corrected chi connectivity index (χ0v) is 16.7. The Balaban J connectivity index is 1.72. The largest absolute Gasteiger partial charge is 0.492 e. The predicted octanol–water partition coefficient (Wildman–Crippen LogP) is 1.89. The monoisotopic (exact) mass is 416 g/mol. The Bertz CT molecular complexity index is 1130. The summed E-state index contributed by atoms with van der Waals surface area (Å²) < 4.78 is 21.2. The summed E-state index contributed by atoms with van der Waals surface area (Å²) in [6.07, 6.45) is 3.38. The van der Waals surface area contributed by atoms with Gasteiger partial charge in [-0.25, -0.2) is 9.18 Å². The molecule has 1 aromatic carbocycles. The highest BCUT2D eigenvalue weighted by Gasteiger charge is 2.48. The number of fused-ring (bicyclic) bond motifs is 1. The second-order valence-corrected chi connectivity index (χ2v) is 8.81. The fraction of sp³-hybridized carbons (Fsp3) is 0.524. The van der Waals surface area contributed by atoms with Gasteiger partial charge in [-0.15, -0.1) is 0 Å². The molecular weight excluding hydrogens is 391 g/mol. The van der Waals surface area contributed by atoms with Crippen LogP contribution in [0.1, 0.15) is 42.1 Å². The van der Waals surface area contributed by atoms with Crippen molar-refractivity contribution in [1.82, 2.24) is 4.57 Å². The molecule has 5 rings (SSSR count). The van der Waals surface area contributed by atoms with E-state index in [1.807, 2.05) is 0 Å². The topological polar surface area (TPSA) is 124 Å². The number of carboxylic acid groups (broad SMARTS) is 1. The first kappa shape index (κ1) is 19.2. The minimum absolute atomic E-state index is 0.0582. The highest BCUT2D eigenvalue weighted by molar-refractivity contribution is 6.03. The number of aromatic nitrogens is 1. The number of ether oxygens (including phenoxy) is 1. The van der Waals surface area contributed by atoms with Crippen molar-refractivity contribution in [2.45, 2.75) is 43.4 Å². The standard InChI is InChI=1S/C21H25FN4O4/c1-30-19-15(25-5-2-10(8-25)21(24)3-4-21)7-13(23)16-17(19)26(14-6-12(14)22)9-11(18(16)27)20(28)29/h7,9-10,12,14H,2-6,8,23-24H2,1H3,(H,28,29)/t10-,12-,14-/m1/s1. The molecule has 0 spiro atoms. The van der Waals surface area contributed by atoms with E-state index in [1.54, 1.807) is 6.07 Å². The van der Waals surface area contributed by atoms with E-state index in [0.29, 0.717) is 17.2 Å². The van der Waals surface area contributed by atoms with Crippen LogP contribution in [-0.4, -0.2) is 47.6 Å². The fourth-order valence-corrected chi connectivity index (χ4v) is 4.83. The fourth-order valence-electron chi connectivity index (χ4n) is 4.83. The van der Waals surface area contributed by atoms with Crippen molar-refractivity contribution in [1.29, 1.82) is 0 Å². The lowest BCUT2D eigenvalue weighted by atomic mass is 9.97. The van der Waals surface area contributed by atoms with Crippen molar-refractivity contribution in [2.24, 2.45) is 11.7 Å². The third-order valence-corrected chi connectivity index (χ3v) is 6.91. The van der Waals surface area contributed by atoms with Crippen molar-refractivity contribution >= 4 is 28.2 Å². The van der Waals surface area contributed by atoms with Gasteiger partial charge in [0.05, 0.1) is 29.7 Å². The average molecular weight is 416 g/mol. The van der Waals surface area contributed by atoms with Crippen molar-refractivity contribution < 1.29 is 19.0 Å². The summed E-state index contributed by atoms with van der Waals surface area (Å²) in [5.41, 5.74) is 12.7. The number of hydrogen-bond acceptors (Lipinski definition) is 6. The first-order valence-corrected chi connectivity index (χ1v) is 10.2. The van der Waals surface area contributed by atoms with E-state index >= 15 is 0 Å². The molecule has 1 saturated heterocycles. The molecule has 1 aliphatic heterocycles. The van der Waals surface area contributed by atoms with Crippen molar-refractivity contribution in [2.75, 3.05) is 30.8 Å². The Kier molecular flexibility index (Phi) is 4.05. The van der Waals surface area contributed by atoms with E-state index in [9.17, 15) is 19.1 Å². The number of carbonyl (C=O) groups is 1. The number of halogens is 1. The number of benzene rings is 1. The molecule has 0 amide bonds. The number of pyridine rings is 1.